The van der Waals surface area contributed by atoms with Crippen LogP contribution in [0, 0.1) is 6.92 Å². The highest BCUT2D eigenvalue weighted by Crippen LogP contribution is 2.44. The van der Waals surface area contributed by atoms with Crippen molar-refractivity contribution in [3.63, 3.8) is 0 Å². The Morgan fingerprint density at radius 1 is 1.10 bits per heavy atom. The van der Waals surface area contributed by atoms with Crippen LogP contribution in [0.1, 0.15) is 39.5 Å². The van der Waals surface area contributed by atoms with Crippen LogP contribution in [0.3, 0.4) is 0 Å². The molecule has 0 radical (unpaired) electrons. The molecule has 40 heavy (non-hydrogen) atoms. The number of imidazole rings is 1. The van der Waals surface area contributed by atoms with Crippen molar-refractivity contribution < 1.29 is 24.2 Å². The molecule has 2 fully saturated rings. The fourth-order valence-corrected chi connectivity index (χ4v) is 6.70. The quantitative estimate of drug-likeness (QED) is 0.247. The summed E-state index contributed by atoms with van der Waals surface area (Å²) in [6, 6.07) is 11.3. The number of nitrogens with one attached hydrogen (secondary N) is 1. The van der Waals surface area contributed by atoms with Gasteiger partial charge in [-0.2, -0.15) is 0 Å². The molecule has 11 heteroatoms. The van der Waals surface area contributed by atoms with Gasteiger partial charge in [0.25, 0.3) is 5.91 Å². The molecule has 0 spiro atoms. The Bertz CT molecular complexity index is 1470. The minimum absolute atomic E-state index is 0.314. The van der Waals surface area contributed by atoms with E-state index in [0.29, 0.717) is 25.4 Å². The minimum atomic E-state index is -0.530. The van der Waals surface area contributed by atoms with E-state index in [1.54, 1.807) is 28.9 Å². The lowest BCUT2D eigenvalue weighted by molar-refractivity contribution is 0.0322. The molecule has 2 saturated heterocycles. The molecule has 210 valence electrons. The summed E-state index contributed by atoms with van der Waals surface area (Å²) in [5.74, 6) is 0.272. The lowest BCUT2D eigenvalue weighted by atomic mass is 9.74. The lowest BCUT2D eigenvalue weighted by Gasteiger charge is -2.36. The van der Waals surface area contributed by atoms with Crippen LogP contribution in [0.25, 0.3) is 17.0 Å². The number of hydrogen-bond donors (Lipinski definition) is 2. The normalized spacial score (nSPS) is 17.6. The molecule has 10 nitrogen and oxygen atoms in total. The van der Waals surface area contributed by atoms with Crippen LogP contribution >= 0.6 is 11.3 Å². The van der Waals surface area contributed by atoms with Gasteiger partial charge in [-0.25, -0.2) is 15.4 Å². The number of thiazole rings is 1. The minimum Gasteiger partial charge on any atom is -0.492 e. The molecule has 0 atom stereocenters. The first-order valence-corrected chi connectivity index (χ1v) is 14.5. The van der Waals surface area contributed by atoms with Gasteiger partial charge in [-0.3, -0.25) is 19.3 Å². The second-order valence-electron chi connectivity index (χ2n) is 10.2. The van der Waals surface area contributed by atoms with Gasteiger partial charge in [0, 0.05) is 56.1 Å². The molecule has 3 aromatic heterocycles. The van der Waals surface area contributed by atoms with Crippen LogP contribution in [0.15, 0.2) is 48.0 Å². The van der Waals surface area contributed by atoms with Gasteiger partial charge in [0.1, 0.15) is 28.7 Å². The number of amides is 1. The maximum atomic E-state index is 11.8. The monoisotopic (exact) mass is 563 g/mol. The van der Waals surface area contributed by atoms with Gasteiger partial charge in [0.05, 0.1) is 30.0 Å². The average Bonchev–Trinajstić information content (AvgIpc) is 3.61. The van der Waals surface area contributed by atoms with E-state index in [0.717, 1.165) is 84.7 Å². The highest BCUT2D eigenvalue weighted by Gasteiger charge is 2.39. The van der Waals surface area contributed by atoms with Crippen molar-refractivity contribution in [3.8, 4) is 17.1 Å². The number of ether oxygens (including phenoxy) is 3. The summed E-state index contributed by atoms with van der Waals surface area (Å²) in [6.07, 6.45) is 3.59. The van der Waals surface area contributed by atoms with Gasteiger partial charge < -0.3 is 14.2 Å². The number of benzene rings is 1. The third-order valence-electron chi connectivity index (χ3n) is 7.86. The van der Waals surface area contributed by atoms with Crippen molar-refractivity contribution in [2.75, 3.05) is 52.7 Å². The summed E-state index contributed by atoms with van der Waals surface area (Å²) in [4.78, 5) is 24.2. The first-order chi connectivity index (χ1) is 19.6. The molecule has 6 rings (SSSR count). The molecule has 5 heterocycles. The van der Waals surface area contributed by atoms with Crippen molar-refractivity contribution in [2.45, 2.75) is 25.2 Å². The summed E-state index contributed by atoms with van der Waals surface area (Å²) in [7, 11) is 0. The maximum Gasteiger partial charge on any atom is 0.274 e. The number of aromatic nitrogens is 3. The molecule has 0 unspecified atom stereocenters. The zero-order valence-electron chi connectivity index (χ0n) is 22.5. The fourth-order valence-electron chi connectivity index (χ4n) is 5.61. The Hall–Kier alpha value is -3.35. The topological polar surface area (TPSA) is 110 Å². The van der Waals surface area contributed by atoms with E-state index < -0.39 is 5.91 Å². The number of carbonyl (C=O) groups excluding carboxylic acids is 1. The molecule has 1 amide bonds. The number of carbonyl (C=O) groups is 1. The predicted molar refractivity (Wildman–Crippen MR) is 150 cm³/mol. The van der Waals surface area contributed by atoms with E-state index in [-0.39, 0.29) is 5.41 Å². The van der Waals surface area contributed by atoms with Crippen molar-refractivity contribution in [1.82, 2.24) is 24.7 Å². The molecule has 1 aromatic carbocycles. The van der Waals surface area contributed by atoms with Crippen molar-refractivity contribution in [2.24, 2.45) is 0 Å². The molecule has 0 aliphatic carbocycles. The Kier molecular flexibility index (Phi) is 7.81. The standard InChI is InChI=1S/C29H33N5O5S/c1-20-26(34-9-6-23(18-25(34)30-20)39-17-12-33-10-15-38-16-11-33)24-19-40-28(31-24)29(7-13-37-14-8-29)22-4-2-21(3-5-22)27(35)32-36/h2-6,9,18-19,36H,7-8,10-17H2,1H3,(H,32,35). The number of pyridine rings is 1. The van der Waals surface area contributed by atoms with E-state index in [4.69, 9.17) is 29.4 Å². The SMILES string of the molecule is Cc1nc2cc(OCCN3CCOCC3)ccn2c1-c1csc(C2(c3ccc(C(=O)NO)cc3)CCOCC2)n1. The zero-order valence-corrected chi connectivity index (χ0v) is 23.3. The summed E-state index contributed by atoms with van der Waals surface area (Å²) >= 11 is 1.64. The number of aryl methyl sites for hydroxylation is 1. The van der Waals surface area contributed by atoms with E-state index >= 15 is 0 Å². The summed E-state index contributed by atoms with van der Waals surface area (Å²) in [5.41, 5.74) is 6.45. The summed E-state index contributed by atoms with van der Waals surface area (Å²) < 4.78 is 19.3. The number of fused-ring (bicyclic) bond motifs is 1. The molecule has 0 bridgehead atoms. The van der Waals surface area contributed by atoms with Gasteiger partial charge in [-0.15, -0.1) is 11.3 Å². The average molecular weight is 564 g/mol. The van der Waals surface area contributed by atoms with Gasteiger partial charge in [-0.1, -0.05) is 12.1 Å². The molecule has 2 aliphatic rings. The van der Waals surface area contributed by atoms with Crippen LogP contribution in [0.2, 0.25) is 0 Å². The van der Waals surface area contributed by atoms with Gasteiger partial charge in [0.15, 0.2) is 0 Å². The van der Waals surface area contributed by atoms with Gasteiger partial charge in [0.2, 0.25) is 0 Å². The van der Waals surface area contributed by atoms with Crippen LogP contribution in [0.4, 0.5) is 0 Å². The number of hydroxylamine groups is 1. The fraction of sp³-hybridized carbons (Fsp3) is 0.414. The summed E-state index contributed by atoms with van der Waals surface area (Å²) in [6.45, 7) is 8.23. The predicted octanol–water partition coefficient (Wildman–Crippen LogP) is 3.69. The van der Waals surface area contributed by atoms with Crippen LogP contribution in [-0.2, 0) is 14.9 Å². The molecule has 4 aromatic rings. The van der Waals surface area contributed by atoms with Crippen molar-refractivity contribution in [3.05, 3.63) is 69.8 Å². The van der Waals surface area contributed by atoms with Gasteiger partial charge >= 0.3 is 0 Å². The van der Waals surface area contributed by atoms with Crippen molar-refractivity contribution >= 4 is 22.9 Å². The molecule has 0 saturated carbocycles. The Morgan fingerprint density at radius 2 is 1.85 bits per heavy atom. The molecule has 2 aliphatic heterocycles. The largest absolute Gasteiger partial charge is 0.492 e. The third-order valence-corrected chi connectivity index (χ3v) is 8.90. The highest BCUT2D eigenvalue weighted by atomic mass is 32.1. The first-order valence-electron chi connectivity index (χ1n) is 13.6. The van der Waals surface area contributed by atoms with E-state index in [1.807, 2.05) is 37.4 Å². The Balaban J connectivity index is 1.25. The van der Waals surface area contributed by atoms with Crippen LogP contribution in [-0.4, -0.2) is 83.1 Å². The lowest BCUT2D eigenvalue weighted by Crippen LogP contribution is -2.38. The second kappa shape index (κ2) is 11.6. The zero-order chi connectivity index (χ0) is 27.5. The molecule has 2 N–H and O–H groups in total. The van der Waals surface area contributed by atoms with Crippen LogP contribution < -0.4 is 10.2 Å². The number of morpholine rings is 1. The molecular formula is C29H33N5O5S. The number of nitrogens with zero attached hydrogens (tertiary/aromatic N) is 4. The summed E-state index contributed by atoms with van der Waals surface area (Å²) in [5, 5.41) is 12.1. The Labute approximate surface area is 236 Å². The smallest absolute Gasteiger partial charge is 0.274 e. The van der Waals surface area contributed by atoms with E-state index in [2.05, 4.69) is 14.7 Å². The first kappa shape index (κ1) is 26.9. The number of hydrogen-bond acceptors (Lipinski definition) is 9. The Morgan fingerprint density at radius 3 is 2.60 bits per heavy atom. The van der Waals surface area contributed by atoms with Gasteiger partial charge in [-0.05, 0) is 43.5 Å². The third kappa shape index (κ3) is 5.23. The second-order valence-corrected chi connectivity index (χ2v) is 11.0. The van der Waals surface area contributed by atoms with E-state index in [1.165, 1.54) is 0 Å². The molecular weight excluding hydrogens is 530 g/mol. The van der Waals surface area contributed by atoms with Crippen molar-refractivity contribution in [1.29, 1.82) is 0 Å². The maximum absolute atomic E-state index is 11.8. The van der Waals surface area contributed by atoms with E-state index in [9.17, 15) is 4.79 Å². The van der Waals surface area contributed by atoms with Crippen LogP contribution in [0.5, 0.6) is 5.75 Å². The highest BCUT2D eigenvalue weighted by molar-refractivity contribution is 7.10. The number of rotatable bonds is 8.